The highest BCUT2D eigenvalue weighted by molar-refractivity contribution is 5.80. The number of hydrogen-bond donors (Lipinski definition) is 2. The summed E-state index contributed by atoms with van der Waals surface area (Å²) in [5.74, 6) is 0. The molecule has 0 saturated carbocycles. The Morgan fingerprint density at radius 2 is 2.05 bits per heavy atom. The van der Waals surface area contributed by atoms with E-state index in [-0.39, 0.29) is 0 Å². The Labute approximate surface area is 125 Å². The minimum absolute atomic E-state index is 0.520. The summed E-state index contributed by atoms with van der Waals surface area (Å²) in [7, 11) is 1.90. The van der Waals surface area contributed by atoms with Crippen molar-refractivity contribution in [1.82, 2.24) is 10.2 Å². The molecule has 1 aliphatic heterocycles. The number of likely N-dealkylation sites (tertiary alicyclic amines) is 1. The molecule has 3 rings (SSSR count). The van der Waals surface area contributed by atoms with Crippen molar-refractivity contribution in [2.75, 3.05) is 33.2 Å². The van der Waals surface area contributed by atoms with Gasteiger partial charge in [0.25, 0.3) is 0 Å². The molecule has 1 aromatic carbocycles. The minimum Gasteiger partial charge on any atom is -0.464 e. The first-order valence-electron chi connectivity index (χ1n) is 7.75. The lowest BCUT2D eigenvalue weighted by atomic mass is 9.91. The number of piperidine rings is 1. The average Bonchev–Trinajstić information content (AvgIpc) is 2.90. The van der Waals surface area contributed by atoms with E-state index >= 15 is 0 Å². The number of hydrogen-bond acceptors (Lipinski definition) is 4. The SMILES string of the molecule is CNCC1(O)CCN(CCc2coc3ccccc23)CC1. The van der Waals surface area contributed by atoms with E-state index in [1.165, 1.54) is 10.9 Å². The van der Waals surface area contributed by atoms with Crippen LogP contribution in [-0.4, -0.2) is 48.8 Å². The molecule has 1 aliphatic rings. The molecular formula is C17H24N2O2. The Balaban J connectivity index is 1.55. The van der Waals surface area contributed by atoms with E-state index in [0.29, 0.717) is 6.54 Å². The van der Waals surface area contributed by atoms with Crippen molar-refractivity contribution in [2.24, 2.45) is 0 Å². The van der Waals surface area contributed by atoms with Crippen molar-refractivity contribution >= 4 is 11.0 Å². The van der Waals surface area contributed by atoms with Gasteiger partial charge in [0, 0.05) is 31.6 Å². The van der Waals surface area contributed by atoms with Crippen LogP contribution in [0.3, 0.4) is 0 Å². The van der Waals surface area contributed by atoms with Crippen LogP contribution in [0.25, 0.3) is 11.0 Å². The molecule has 1 aromatic heterocycles. The van der Waals surface area contributed by atoms with Crippen LogP contribution in [0.4, 0.5) is 0 Å². The molecule has 0 amide bonds. The van der Waals surface area contributed by atoms with Crippen molar-refractivity contribution in [1.29, 1.82) is 0 Å². The topological polar surface area (TPSA) is 48.6 Å². The fraction of sp³-hybridized carbons (Fsp3) is 0.529. The van der Waals surface area contributed by atoms with Crippen LogP contribution >= 0.6 is 0 Å². The fourth-order valence-corrected chi connectivity index (χ4v) is 3.20. The number of likely N-dealkylation sites (N-methyl/N-ethyl adjacent to an activating group) is 1. The second-order valence-electron chi connectivity index (χ2n) is 6.10. The summed E-state index contributed by atoms with van der Waals surface area (Å²) in [4.78, 5) is 2.44. The first-order chi connectivity index (χ1) is 10.2. The number of para-hydroxylation sites is 1. The second kappa shape index (κ2) is 6.18. The molecule has 114 valence electrons. The summed E-state index contributed by atoms with van der Waals surface area (Å²) < 4.78 is 5.59. The number of fused-ring (bicyclic) bond motifs is 1. The third-order valence-electron chi connectivity index (χ3n) is 4.55. The molecule has 1 saturated heterocycles. The van der Waals surface area contributed by atoms with E-state index in [2.05, 4.69) is 22.3 Å². The summed E-state index contributed by atoms with van der Waals surface area (Å²) in [6, 6.07) is 8.19. The van der Waals surface area contributed by atoms with Gasteiger partial charge in [-0.15, -0.1) is 0 Å². The largest absolute Gasteiger partial charge is 0.464 e. The lowest BCUT2D eigenvalue weighted by Crippen LogP contribution is -2.49. The van der Waals surface area contributed by atoms with Gasteiger partial charge in [0.05, 0.1) is 11.9 Å². The van der Waals surface area contributed by atoms with Gasteiger partial charge in [0.2, 0.25) is 0 Å². The molecule has 0 unspecified atom stereocenters. The molecule has 0 bridgehead atoms. The van der Waals surface area contributed by atoms with Crippen LogP contribution in [0, 0.1) is 0 Å². The maximum absolute atomic E-state index is 10.4. The smallest absolute Gasteiger partial charge is 0.134 e. The quantitative estimate of drug-likeness (QED) is 0.884. The predicted octanol–water partition coefficient (Wildman–Crippen LogP) is 2.02. The molecule has 0 atom stereocenters. The molecule has 0 radical (unpaired) electrons. The Kier molecular flexibility index (Phi) is 4.29. The molecule has 0 aliphatic carbocycles. The van der Waals surface area contributed by atoms with E-state index in [4.69, 9.17) is 4.42 Å². The van der Waals surface area contributed by atoms with Crippen LogP contribution in [0.2, 0.25) is 0 Å². The van der Waals surface area contributed by atoms with Crippen molar-refractivity contribution in [3.63, 3.8) is 0 Å². The Morgan fingerprint density at radius 1 is 1.29 bits per heavy atom. The number of nitrogens with zero attached hydrogens (tertiary/aromatic N) is 1. The molecule has 4 nitrogen and oxygen atoms in total. The fourth-order valence-electron chi connectivity index (χ4n) is 3.20. The number of benzene rings is 1. The zero-order valence-electron chi connectivity index (χ0n) is 12.6. The van der Waals surface area contributed by atoms with E-state index < -0.39 is 5.60 Å². The van der Waals surface area contributed by atoms with Crippen LogP contribution in [0.5, 0.6) is 0 Å². The number of furan rings is 1. The zero-order chi connectivity index (χ0) is 14.7. The summed E-state index contributed by atoms with van der Waals surface area (Å²) >= 11 is 0. The lowest BCUT2D eigenvalue weighted by Gasteiger charge is -2.38. The van der Waals surface area contributed by atoms with Crippen LogP contribution in [0.15, 0.2) is 34.9 Å². The van der Waals surface area contributed by atoms with Crippen molar-refractivity contribution in [3.05, 3.63) is 36.1 Å². The van der Waals surface area contributed by atoms with Gasteiger partial charge in [-0.1, -0.05) is 18.2 Å². The van der Waals surface area contributed by atoms with Gasteiger partial charge in [0.15, 0.2) is 0 Å². The normalized spacial score (nSPS) is 19.1. The van der Waals surface area contributed by atoms with Crippen LogP contribution in [0.1, 0.15) is 18.4 Å². The first-order valence-corrected chi connectivity index (χ1v) is 7.75. The zero-order valence-corrected chi connectivity index (χ0v) is 12.6. The maximum Gasteiger partial charge on any atom is 0.134 e. The molecule has 21 heavy (non-hydrogen) atoms. The number of aliphatic hydroxyl groups is 1. The summed E-state index contributed by atoms with van der Waals surface area (Å²) in [5.41, 5.74) is 1.73. The van der Waals surface area contributed by atoms with Crippen molar-refractivity contribution in [2.45, 2.75) is 24.9 Å². The van der Waals surface area contributed by atoms with Crippen molar-refractivity contribution in [3.8, 4) is 0 Å². The van der Waals surface area contributed by atoms with Gasteiger partial charge in [-0.25, -0.2) is 0 Å². The van der Waals surface area contributed by atoms with Gasteiger partial charge in [-0.3, -0.25) is 0 Å². The molecule has 2 aromatic rings. The van der Waals surface area contributed by atoms with Crippen LogP contribution in [-0.2, 0) is 6.42 Å². The van der Waals surface area contributed by atoms with Gasteiger partial charge in [0.1, 0.15) is 5.58 Å². The molecule has 2 heterocycles. The standard InChI is InChI=1S/C17H24N2O2/c1-18-13-17(20)7-10-19(11-8-17)9-6-14-12-21-16-5-3-2-4-15(14)16/h2-5,12,18,20H,6-11,13H2,1H3. The van der Waals surface area contributed by atoms with Crippen LogP contribution < -0.4 is 5.32 Å². The Hall–Kier alpha value is -1.36. The average molecular weight is 288 g/mol. The van der Waals surface area contributed by atoms with Gasteiger partial charge < -0.3 is 19.7 Å². The maximum atomic E-state index is 10.4. The third kappa shape index (κ3) is 3.28. The first kappa shape index (κ1) is 14.6. The highest BCUT2D eigenvalue weighted by Crippen LogP contribution is 2.24. The monoisotopic (exact) mass is 288 g/mol. The van der Waals surface area contributed by atoms with Gasteiger partial charge in [-0.05, 0) is 37.9 Å². The number of nitrogens with one attached hydrogen (secondary N) is 1. The minimum atomic E-state index is -0.520. The van der Waals surface area contributed by atoms with Gasteiger partial charge >= 0.3 is 0 Å². The third-order valence-corrected chi connectivity index (χ3v) is 4.55. The Morgan fingerprint density at radius 3 is 2.81 bits per heavy atom. The molecule has 0 spiro atoms. The highest BCUT2D eigenvalue weighted by Gasteiger charge is 2.31. The Bertz CT molecular complexity index is 585. The highest BCUT2D eigenvalue weighted by atomic mass is 16.3. The van der Waals surface area contributed by atoms with E-state index in [1.54, 1.807) is 0 Å². The predicted molar refractivity (Wildman–Crippen MR) is 84.5 cm³/mol. The molecule has 4 heteroatoms. The second-order valence-corrected chi connectivity index (χ2v) is 6.10. The molecule has 1 fully saturated rings. The summed E-state index contributed by atoms with van der Waals surface area (Å²) in [6.45, 7) is 3.65. The summed E-state index contributed by atoms with van der Waals surface area (Å²) in [6.07, 6.45) is 4.58. The van der Waals surface area contributed by atoms with E-state index in [9.17, 15) is 5.11 Å². The lowest BCUT2D eigenvalue weighted by molar-refractivity contribution is -0.0182. The summed E-state index contributed by atoms with van der Waals surface area (Å²) in [5, 5.41) is 14.7. The van der Waals surface area contributed by atoms with E-state index in [0.717, 1.165) is 44.5 Å². The molecular weight excluding hydrogens is 264 g/mol. The van der Waals surface area contributed by atoms with Crippen molar-refractivity contribution < 1.29 is 9.52 Å². The van der Waals surface area contributed by atoms with E-state index in [1.807, 2.05) is 25.4 Å². The van der Waals surface area contributed by atoms with Gasteiger partial charge in [-0.2, -0.15) is 0 Å². The molecule has 2 N–H and O–H groups in total. The number of rotatable bonds is 5.